The van der Waals surface area contributed by atoms with Gasteiger partial charge in [0, 0.05) is 38.5 Å². The van der Waals surface area contributed by atoms with Crippen molar-refractivity contribution in [3.63, 3.8) is 0 Å². The van der Waals surface area contributed by atoms with Crippen LogP contribution in [0.15, 0.2) is 44.0 Å². The van der Waals surface area contributed by atoms with E-state index in [1.807, 2.05) is 17.0 Å². The largest absolute Gasteiger partial charge is 0.422 e. The molecular weight excluding hydrogens is 324 g/mol. The first-order chi connectivity index (χ1) is 12.1. The van der Waals surface area contributed by atoms with Gasteiger partial charge in [-0.3, -0.25) is 4.79 Å². The molecule has 128 valence electrons. The monoisotopic (exact) mass is 340 g/mol. The Bertz CT molecular complexity index is 985. The van der Waals surface area contributed by atoms with E-state index >= 15 is 0 Å². The summed E-state index contributed by atoms with van der Waals surface area (Å²) in [5, 5.41) is 8.53. The van der Waals surface area contributed by atoms with Gasteiger partial charge in [-0.15, -0.1) is 5.10 Å². The molecule has 0 aliphatic carbocycles. The van der Waals surface area contributed by atoms with Gasteiger partial charge in [-0.05, 0) is 12.1 Å². The first-order valence-corrected chi connectivity index (χ1v) is 7.99. The Morgan fingerprint density at radius 2 is 1.84 bits per heavy atom. The molecule has 1 aliphatic rings. The van der Waals surface area contributed by atoms with Gasteiger partial charge in [-0.2, -0.15) is 0 Å². The van der Waals surface area contributed by atoms with Crippen LogP contribution in [-0.2, 0) is 0 Å². The Kier molecular flexibility index (Phi) is 3.72. The Balaban J connectivity index is 1.52. The van der Waals surface area contributed by atoms with Crippen molar-refractivity contribution in [2.24, 2.45) is 0 Å². The summed E-state index contributed by atoms with van der Waals surface area (Å²) in [6.45, 7) is 3.78. The maximum atomic E-state index is 12.7. The number of hydrogen-bond acceptors (Lipinski definition) is 7. The number of anilines is 1. The van der Waals surface area contributed by atoms with Crippen LogP contribution in [0, 0.1) is 6.92 Å². The summed E-state index contributed by atoms with van der Waals surface area (Å²) in [5.41, 5.74) is -0.0833. The van der Waals surface area contributed by atoms with E-state index in [1.165, 1.54) is 0 Å². The molecular formula is C17H16N4O4. The SMILES string of the molecule is Cc1nnc(N2CCN(C(=O)c3cc4ccccc4oc3=O)CC2)o1. The number of piperazine rings is 1. The molecule has 0 radical (unpaired) electrons. The van der Waals surface area contributed by atoms with Crippen LogP contribution in [0.1, 0.15) is 16.2 Å². The van der Waals surface area contributed by atoms with Crippen LogP contribution in [0.25, 0.3) is 11.0 Å². The fourth-order valence-corrected chi connectivity index (χ4v) is 2.90. The Morgan fingerprint density at radius 3 is 2.56 bits per heavy atom. The average Bonchev–Trinajstić information content (AvgIpc) is 3.07. The van der Waals surface area contributed by atoms with Crippen molar-refractivity contribution in [1.29, 1.82) is 0 Å². The zero-order chi connectivity index (χ0) is 17.4. The fraction of sp³-hybridized carbons (Fsp3) is 0.294. The number of para-hydroxylation sites is 1. The van der Waals surface area contributed by atoms with E-state index in [0.717, 1.165) is 5.39 Å². The standard InChI is InChI=1S/C17H16N4O4/c1-11-18-19-17(24-11)21-8-6-20(7-9-21)15(22)13-10-12-4-2-3-5-14(12)25-16(13)23/h2-5,10H,6-9H2,1H3. The van der Waals surface area contributed by atoms with E-state index in [4.69, 9.17) is 8.83 Å². The molecule has 0 atom stereocenters. The van der Waals surface area contributed by atoms with Crippen molar-refractivity contribution in [3.8, 4) is 0 Å². The van der Waals surface area contributed by atoms with Gasteiger partial charge >= 0.3 is 11.6 Å². The highest BCUT2D eigenvalue weighted by Crippen LogP contribution is 2.17. The average molecular weight is 340 g/mol. The highest BCUT2D eigenvalue weighted by Gasteiger charge is 2.26. The summed E-state index contributed by atoms with van der Waals surface area (Å²) in [7, 11) is 0. The molecule has 2 aromatic heterocycles. The quantitative estimate of drug-likeness (QED) is 0.652. The molecule has 8 heteroatoms. The minimum atomic E-state index is -0.612. The Labute approximate surface area is 142 Å². The maximum absolute atomic E-state index is 12.7. The molecule has 1 aromatic carbocycles. The van der Waals surface area contributed by atoms with Gasteiger partial charge in [0.2, 0.25) is 5.89 Å². The van der Waals surface area contributed by atoms with Crippen LogP contribution in [0.2, 0.25) is 0 Å². The smallest absolute Gasteiger partial charge is 0.349 e. The molecule has 1 amide bonds. The number of benzene rings is 1. The topological polar surface area (TPSA) is 92.7 Å². The highest BCUT2D eigenvalue weighted by atomic mass is 16.4. The van der Waals surface area contributed by atoms with Gasteiger partial charge in [0.25, 0.3) is 5.91 Å². The lowest BCUT2D eigenvalue weighted by atomic mass is 10.1. The summed E-state index contributed by atoms with van der Waals surface area (Å²) < 4.78 is 10.7. The van der Waals surface area contributed by atoms with Gasteiger partial charge in [-0.1, -0.05) is 23.3 Å². The van der Waals surface area contributed by atoms with Crippen LogP contribution in [0.5, 0.6) is 0 Å². The number of rotatable bonds is 2. The zero-order valence-electron chi connectivity index (χ0n) is 13.6. The summed E-state index contributed by atoms with van der Waals surface area (Å²) in [5.74, 6) is 0.183. The summed E-state index contributed by atoms with van der Waals surface area (Å²) >= 11 is 0. The molecule has 3 aromatic rings. The van der Waals surface area contributed by atoms with E-state index in [-0.39, 0.29) is 11.5 Å². The number of carbonyl (C=O) groups is 1. The molecule has 1 fully saturated rings. The van der Waals surface area contributed by atoms with Crippen LogP contribution in [0.3, 0.4) is 0 Å². The number of carbonyl (C=O) groups excluding carboxylic acids is 1. The second-order valence-electron chi connectivity index (χ2n) is 5.87. The number of amides is 1. The van der Waals surface area contributed by atoms with Crippen molar-refractivity contribution >= 4 is 22.9 Å². The van der Waals surface area contributed by atoms with E-state index in [1.54, 1.807) is 30.0 Å². The number of hydrogen-bond donors (Lipinski definition) is 0. The second kappa shape index (κ2) is 6.04. The molecule has 1 aliphatic heterocycles. The summed E-state index contributed by atoms with van der Waals surface area (Å²) in [4.78, 5) is 28.4. The minimum absolute atomic E-state index is 0.0563. The van der Waals surface area contributed by atoms with Crippen LogP contribution >= 0.6 is 0 Å². The second-order valence-corrected chi connectivity index (χ2v) is 5.87. The van der Waals surface area contributed by atoms with E-state index in [0.29, 0.717) is 43.7 Å². The van der Waals surface area contributed by atoms with E-state index < -0.39 is 5.63 Å². The zero-order valence-corrected chi connectivity index (χ0v) is 13.6. The first kappa shape index (κ1) is 15.4. The third kappa shape index (κ3) is 2.86. The number of nitrogens with zero attached hydrogens (tertiary/aromatic N) is 4. The Hall–Kier alpha value is -3.16. The third-order valence-corrected chi connectivity index (χ3v) is 4.22. The molecule has 3 heterocycles. The normalized spacial score (nSPS) is 14.9. The maximum Gasteiger partial charge on any atom is 0.349 e. The first-order valence-electron chi connectivity index (χ1n) is 7.99. The van der Waals surface area contributed by atoms with Gasteiger partial charge in [0.1, 0.15) is 11.1 Å². The molecule has 4 rings (SSSR count). The van der Waals surface area contributed by atoms with Crippen molar-refractivity contribution in [3.05, 3.63) is 52.2 Å². The van der Waals surface area contributed by atoms with Gasteiger partial charge < -0.3 is 18.6 Å². The lowest BCUT2D eigenvalue weighted by Crippen LogP contribution is -2.49. The van der Waals surface area contributed by atoms with Crippen molar-refractivity contribution in [1.82, 2.24) is 15.1 Å². The lowest BCUT2D eigenvalue weighted by molar-refractivity contribution is 0.0741. The molecule has 0 bridgehead atoms. The van der Waals surface area contributed by atoms with E-state index in [9.17, 15) is 9.59 Å². The van der Waals surface area contributed by atoms with Gasteiger partial charge in [0.15, 0.2) is 0 Å². The van der Waals surface area contributed by atoms with Crippen molar-refractivity contribution in [2.45, 2.75) is 6.92 Å². The molecule has 1 saturated heterocycles. The minimum Gasteiger partial charge on any atom is -0.422 e. The molecule has 0 spiro atoms. The van der Waals surface area contributed by atoms with Gasteiger partial charge in [0.05, 0.1) is 0 Å². The lowest BCUT2D eigenvalue weighted by Gasteiger charge is -2.33. The van der Waals surface area contributed by atoms with Crippen molar-refractivity contribution < 1.29 is 13.6 Å². The summed E-state index contributed by atoms with van der Waals surface area (Å²) in [6.07, 6.45) is 0. The van der Waals surface area contributed by atoms with E-state index in [2.05, 4.69) is 10.2 Å². The Morgan fingerprint density at radius 1 is 1.08 bits per heavy atom. The molecule has 0 saturated carbocycles. The van der Waals surface area contributed by atoms with Crippen LogP contribution in [0.4, 0.5) is 6.01 Å². The number of fused-ring (bicyclic) bond motifs is 1. The highest BCUT2D eigenvalue weighted by molar-refractivity contribution is 5.96. The third-order valence-electron chi connectivity index (χ3n) is 4.22. The predicted molar refractivity (Wildman–Crippen MR) is 89.6 cm³/mol. The molecule has 0 unspecified atom stereocenters. The molecule has 8 nitrogen and oxygen atoms in total. The van der Waals surface area contributed by atoms with Crippen molar-refractivity contribution in [2.75, 3.05) is 31.1 Å². The number of aromatic nitrogens is 2. The molecule has 25 heavy (non-hydrogen) atoms. The van der Waals surface area contributed by atoms with Crippen LogP contribution < -0.4 is 10.5 Å². The molecule has 0 N–H and O–H groups in total. The van der Waals surface area contributed by atoms with Crippen LogP contribution in [-0.4, -0.2) is 47.2 Å². The number of aryl methyl sites for hydroxylation is 1. The fourth-order valence-electron chi connectivity index (χ4n) is 2.90. The predicted octanol–water partition coefficient (Wildman–Crippen LogP) is 1.45. The summed E-state index contributed by atoms with van der Waals surface area (Å²) in [6, 6.07) is 9.18. The van der Waals surface area contributed by atoms with Gasteiger partial charge in [-0.25, -0.2) is 4.79 Å².